The first-order valence-electron chi connectivity index (χ1n) is 10.0. The van der Waals surface area contributed by atoms with Gasteiger partial charge in [0.05, 0.1) is 18.4 Å². The molecule has 0 fully saturated rings. The number of fused-ring (bicyclic) bond motifs is 1. The number of pyridine rings is 1. The molecule has 0 unspecified atom stereocenters. The van der Waals surface area contributed by atoms with Gasteiger partial charge >= 0.3 is 24.3 Å². The number of carboxylic acids is 2. The number of nitrogens with zero attached hydrogens (tertiary/aromatic N) is 4. The van der Waals surface area contributed by atoms with Gasteiger partial charge in [0.2, 0.25) is 0 Å². The molecule has 196 valence electrons. The first-order valence-corrected chi connectivity index (χ1v) is 10.8. The standard InChI is InChI=1S/C17H18N4S.2C2HF3O2/c1-13-2-3-15(22-13)11-20-8-9-21-16(10-19-17(21)12-20)14-4-6-18-7-5-14;2*3-2(4,5)1(6)7/h2-7,10H,8-9,11-12H2,1H3;2*(H,6,7). The molecule has 36 heavy (non-hydrogen) atoms. The summed E-state index contributed by atoms with van der Waals surface area (Å²) in [5, 5.41) is 14.2. The zero-order chi connectivity index (χ0) is 27.1. The van der Waals surface area contributed by atoms with E-state index in [-0.39, 0.29) is 0 Å². The molecule has 3 aromatic rings. The average Bonchev–Trinajstić information content (AvgIpc) is 3.39. The molecule has 0 bridgehead atoms. The SMILES string of the molecule is Cc1ccc(CN2CCn3c(-c4ccncc4)cnc3C2)s1.O=C(O)C(F)(F)F.O=C(O)C(F)(F)F. The normalized spacial score (nSPS) is 13.5. The molecule has 0 saturated carbocycles. The van der Waals surface area contributed by atoms with Crippen molar-refractivity contribution in [1.29, 1.82) is 0 Å². The molecule has 3 aromatic heterocycles. The van der Waals surface area contributed by atoms with Crippen LogP contribution in [-0.4, -0.2) is 60.5 Å². The van der Waals surface area contributed by atoms with Crippen molar-refractivity contribution in [2.45, 2.75) is 38.9 Å². The summed E-state index contributed by atoms with van der Waals surface area (Å²) in [6.07, 6.45) is -4.50. The zero-order valence-electron chi connectivity index (χ0n) is 18.5. The molecule has 0 amide bonds. The van der Waals surface area contributed by atoms with E-state index in [9.17, 15) is 26.3 Å². The van der Waals surface area contributed by atoms with Gasteiger partial charge in [0.25, 0.3) is 0 Å². The van der Waals surface area contributed by atoms with E-state index in [4.69, 9.17) is 19.8 Å². The quantitative estimate of drug-likeness (QED) is 0.470. The lowest BCUT2D eigenvalue weighted by Crippen LogP contribution is -2.33. The predicted octanol–water partition coefficient (Wildman–Crippen LogP) is 4.60. The third-order valence-corrected chi connectivity index (χ3v) is 5.57. The van der Waals surface area contributed by atoms with E-state index in [2.05, 4.69) is 38.5 Å². The number of hydrogen-bond donors (Lipinski definition) is 2. The third kappa shape index (κ3) is 8.64. The van der Waals surface area contributed by atoms with Crippen LogP contribution in [0.1, 0.15) is 15.6 Å². The van der Waals surface area contributed by atoms with Crippen LogP contribution in [0.5, 0.6) is 0 Å². The molecule has 0 atom stereocenters. The van der Waals surface area contributed by atoms with Gasteiger partial charge in [0, 0.05) is 47.3 Å². The van der Waals surface area contributed by atoms with E-state index < -0.39 is 24.3 Å². The maximum atomic E-state index is 10.6. The predicted molar refractivity (Wildman–Crippen MR) is 116 cm³/mol. The van der Waals surface area contributed by atoms with Gasteiger partial charge in [-0.2, -0.15) is 26.3 Å². The monoisotopic (exact) mass is 538 g/mol. The Balaban J connectivity index is 0.000000271. The molecular formula is C21H20F6N4O4S. The smallest absolute Gasteiger partial charge is 0.475 e. The molecule has 2 N–H and O–H groups in total. The summed E-state index contributed by atoms with van der Waals surface area (Å²) in [5.41, 5.74) is 2.39. The van der Waals surface area contributed by atoms with Gasteiger partial charge in [0.15, 0.2) is 0 Å². The zero-order valence-corrected chi connectivity index (χ0v) is 19.4. The van der Waals surface area contributed by atoms with E-state index in [1.54, 1.807) is 0 Å². The van der Waals surface area contributed by atoms with Gasteiger partial charge in [-0.05, 0) is 31.2 Å². The molecule has 8 nitrogen and oxygen atoms in total. The van der Waals surface area contributed by atoms with Crippen molar-refractivity contribution in [3.05, 3.63) is 58.4 Å². The number of aryl methyl sites for hydroxylation is 1. The lowest BCUT2D eigenvalue weighted by Gasteiger charge is -2.28. The molecular weight excluding hydrogens is 518 g/mol. The minimum absolute atomic E-state index is 0.919. The Morgan fingerprint density at radius 3 is 2.00 bits per heavy atom. The van der Waals surface area contributed by atoms with Gasteiger partial charge in [-0.3, -0.25) is 9.88 Å². The molecule has 4 heterocycles. The highest BCUT2D eigenvalue weighted by Crippen LogP contribution is 2.25. The summed E-state index contributed by atoms with van der Waals surface area (Å²) in [4.78, 5) is 31.8. The number of aliphatic carboxylic acids is 2. The number of imidazole rings is 1. The van der Waals surface area contributed by atoms with Gasteiger partial charge < -0.3 is 14.8 Å². The lowest BCUT2D eigenvalue weighted by atomic mass is 10.2. The average molecular weight is 538 g/mol. The van der Waals surface area contributed by atoms with Crippen LogP contribution in [0.4, 0.5) is 26.3 Å². The maximum Gasteiger partial charge on any atom is 0.490 e. The Hall–Kier alpha value is -3.46. The van der Waals surface area contributed by atoms with Crippen molar-refractivity contribution in [2.24, 2.45) is 0 Å². The molecule has 0 aliphatic carbocycles. The Labute approximate surface area is 204 Å². The van der Waals surface area contributed by atoms with Crippen LogP contribution in [0, 0.1) is 6.92 Å². The maximum absolute atomic E-state index is 10.6. The highest BCUT2D eigenvalue weighted by atomic mass is 32.1. The first kappa shape index (κ1) is 28.8. The van der Waals surface area contributed by atoms with E-state index in [0.29, 0.717) is 0 Å². The lowest BCUT2D eigenvalue weighted by molar-refractivity contribution is -0.193. The van der Waals surface area contributed by atoms with Crippen molar-refractivity contribution in [3.8, 4) is 11.3 Å². The molecule has 15 heteroatoms. The molecule has 1 aliphatic heterocycles. The van der Waals surface area contributed by atoms with Gasteiger partial charge in [-0.25, -0.2) is 14.6 Å². The minimum atomic E-state index is -5.08. The number of thiophene rings is 1. The fourth-order valence-corrected chi connectivity index (χ4v) is 3.92. The van der Waals surface area contributed by atoms with Crippen LogP contribution in [0.15, 0.2) is 42.9 Å². The fourth-order valence-electron chi connectivity index (χ4n) is 2.99. The number of rotatable bonds is 3. The number of carboxylic acid groups (broad SMARTS) is 2. The van der Waals surface area contributed by atoms with Gasteiger partial charge in [-0.1, -0.05) is 0 Å². The Kier molecular flexibility index (Phi) is 9.58. The van der Waals surface area contributed by atoms with Crippen molar-refractivity contribution in [1.82, 2.24) is 19.4 Å². The van der Waals surface area contributed by atoms with Gasteiger partial charge in [-0.15, -0.1) is 11.3 Å². The van der Waals surface area contributed by atoms with Crippen LogP contribution in [0.2, 0.25) is 0 Å². The van der Waals surface area contributed by atoms with E-state index in [1.807, 2.05) is 42.1 Å². The second-order valence-corrected chi connectivity index (χ2v) is 8.65. The summed E-state index contributed by atoms with van der Waals surface area (Å²) in [5.74, 6) is -4.36. The number of halogens is 6. The van der Waals surface area contributed by atoms with E-state index >= 15 is 0 Å². The third-order valence-electron chi connectivity index (χ3n) is 4.58. The molecule has 1 aliphatic rings. The summed E-state index contributed by atoms with van der Waals surface area (Å²) in [6, 6.07) is 8.53. The number of alkyl halides is 6. The van der Waals surface area contributed by atoms with E-state index in [1.165, 1.54) is 21.0 Å². The van der Waals surface area contributed by atoms with Crippen molar-refractivity contribution < 1.29 is 46.1 Å². The summed E-state index contributed by atoms with van der Waals surface area (Å²) in [7, 11) is 0. The van der Waals surface area contributed by atoms with Crippen LogP contribution < -0.4 is 0 Å². The largest absolute Gasteiger partial charge is 0.490 e. The van der Waals surface area contributed by atoms with Crippen LogP contribution >= 0.6 is 11.3 Å². The first-order chi connectivity index (χ1) is 16.7. The van der Waals surface area contributed by atoms with Gasteiger partial charge in [0.1, 0.15) is 5.82 Å². The molecule has 0 spiro atoms. The second-order valence-electron chi connectivity index (χ2n) is 7.28. The highest BCUT2D eigenvalue weighted by Gasteiger charge is 2.38. The topological polar surface area (TPSA) is 109 Å². The van der Waals surface area contributed by atoms with Crippen molar-refractivity contribution in [2.75, 3.05) is 6.54 Å². The summed E-state index contributed by atoms with van der Waals surface area (Å²) >= 11 is 1.89. The van der Waals surface area contributed by atoms with Crippen LogP contribution in [0.25, 0.3) is 11.3 Å². The molecule has 4 rings (SSSR count). The fraction of sp³-hybridized carbons (Fsp3) is 0.333. The van der Waals surface area contributed by atoms with Crippen LogP contribution in [-0.2, 0) is 29.2 Å². The number of aromatic nitrogens is 3. The number of hydrogen-bond acceptors (Lipinski definition) is 6. The molecule has 0 aromatic carbocycles. The minimum Gasteiger partial charge on any atom is -0.475 e. The second kappa shape index (κ2) is 12.0. The summed E-state index contributed by atoms with van der Waals surface area (Å²) in [6.45, 7) is 6.17. The summed E-state index contributed by atoms with van der Waals surface area (Å²) < 4.78 is 65.8. The Bertz CT molecular complexity index is 1140. The van der Waals surface area contributed by atoms with E-state index in [0.717, 1.165) is 32.0 Å². The van der Waals surface area contributed by atoms with Crippen LogP contribution in [0.3, 0.4) is 0 Å². The molecule has 0 saturated heterocycles. The Morgan fingerprint density at radius 2 is 1.53 bits per heavy atom. The van der Waals surface area contributed by atoms with Crippen molar-refractivity contribution in [3.63, 3.8) is 0 Å². The molecule has 0 radical (unpaired) electrons. The number of carbonyl (C=O) groups is 2. The highest BCUT2D eigenvalue weighted by molar-refractivity contribution is 7.11. The Morgan fingerprint density at radius 1 is 0.972 bits per heavy atom. The van der Waals surface area contributed by atoms with Crippen molar-refractivity contribution >= 4 is 23.3 Å².